The van der Waals surface area contributed by atoms with Crippen LogP contribution < -0.4 is 15.4 Å². The third-order valence-corrected chi connectivity index (χ3v) is 7.03. The Morgan fingerprint density at radius 3 is 2.34 bits per heavy atom. The highest BCUT2D eigenvalue weighted by atomic mass is 127. The molecule has 0 amide bonds. The first-order chi connectivity index (χ1) is 13.2. The monoisotopic (exact) mass is 533 g/mol. The van der Waals surface area contributed by atoms with Crippen LogP contribution in [0.1, 0.15) is 27.2 Å². The third kappa shape index (κ3) is 8.00. The number of fused-ring (bicyclic) bond motifs is 1. The summed E-state index contributed by atoms with van der Waals surface area (Å²) in [7, 11) is -1.48. The minimum absolute atomic E-state index is 0. The van der Waals surface area contributed by atoms with Gasteiger partial charge < -0.3 is 15.4 Å². The predicted octanol–water partition coefficient (Wildman–Crippen LogP) is 3.61. The van der Waals surface area contributed by atoms with Crippen LogP contribution in [0, 0.1) is 0 Å². The van der Waals surface area contributed by atoms with Gasteiger partial charge in [-0.25, -0.2) is 8.42 Å². The lowest BCUT2D eigenvalue weighted by Crippen LogP contribution is -2.42. The van der Waals surface area contributed by atoms with Crippen molar-refractivity contribution in [2.24, 2.45) is 4.99 Å². The van der Waals surface area contributed by atoms with Crippen LogP contribution in [0.3, 0.4) is 0 Å². The van der Waals surface area contributed by atoms with E-state index >= 15 is 0 Å². The van der Waals surface area contributed by atoms with Crippen molar-refractivity contribution in [1.82, 2.24) is 10.6 Å². The molecular weight excluding hydrogens is 501 g/mol. The number of benzene rings is 2. The second kappa shape index (κ2) is 11.6. The van der Waals surface area contributed by atoms with E-state index in [4.69, 9.17) is 4.74 Å². The van der Waals surface area contributed by atoms with E-state index in [2.05, 4.69) is 33.8 Å². The Kier molecular flexibility index (Phi) is 10.2. The molecule has 0 atom stereocenters. The number of ether oxygens (including phenoxy) is 1. The highest BCUT2D eigenvalue weighted by Crippen LogP contribution is 2.20. The molecule has 0 aliphatic rings. The summed E-state index contributed by atoms with van der Waals surface area (Å²) in [6.45, 7) is 6.73. The van der Waals surface area contributed by atoms with Crippen LogP contribution in [0.4, 0.5) is 0 Å². The zero-order valence-corrected chi connectivity index (χ0v) is 20.7. The number of halogens is 1. The van der Waals surface area contributed by atoms with Gasteiger partial charge in [-0.3, -0.25) is 4.99 Å². The normalized spacial score (nSPS) is 12.3. The average Bonchev–Trinajstić information content (AvgIpc) is 2.65. The lowest BCUT2D eigenvalue weighted by molar-refractivity contribution is 0.311. The van der Waals surface area contributed by atoms with E-state index in [1.165, 1.54) is 5.39 Å². The first-order valence-electron chi connectivity index (χ1n) is 9.51. The van der Waals surface area contributed by atoms with Crippen LogP contribution >= 0.6 is 24.0 Å². The second-order valence-electron chi connectivity index (χ2n) is 7.57. The summed E-state index contributed by atoms with van der Waals surface area (Å²) in [5.41, 5.74) is 0. The third-order valence-electron chi connectivity index (χ3n) is 4.42. The Morgan fingerprint density at radius 2 is 1.69 bits per heavy atom. The van der Waals surface area contributed by atoms with E-state index < -0.39 is 14.6 Å². The second-order valence-corrected chi connectivity index (χ2v) is 10.4. The minimum atomic E-state index is -3.14. The van der Waals surface area contributed by atoms with E-state index in [1.54, 1.807) is 27.8 Å². The largest absolute Gasteiger partial charge is 0.494 e. The molecule has 162 valence electrons. The molecule has 0 bridgehead atoms. The van der Waals surface area contributed by atoms with Gasteiger partial charge in [-0.15, -0.1) is 24.0 Å². The average molecular weight is 533 g/mol. The van der Waals surface area contributed by atoms with Crippen molar-refractivity contribution >= 4 is 50.5 Å². The van der Waals surface area contributed by atoms with Crippen molar-refractivity contribution in [3.63, 3.8) is 0 Å². The standard InChI is InChI=1S/C21H31N3O3S.HI/c1-21(2,3)28(25,26)15-13-24-20(22-4)23-12-7-14-27-19-11-10-17-8-5-6-9-18(17)16-19;/h5-6,8-11,16H,7,12-15H2,1-4H3,(H2,22,23,24);1H. The fraction of sp³-hybridized carbons (Fsp3) is 0.476. The van der Waals surface area contributed by atoms with Gasteiger partial charge in [0.2, 0.25) is 0 Å². The molecule has 2 rings (SSSR count). The smallest absolute Gasteiger partial charge is 0.191 e. The Labute approximate surface area is 191 Å². The summed E-state index contributed by atoms with van der Waals surface area (Å²) in [5, 5.41) is 8.57. The van der Waals surface area contributed by atoms with Gasteiger partial charge in [-0.05, 0) is 50.1 Å². The molecule has 8 heteroatoms. The molecule has 0 aromatic heterocycles. The number of nitrogens with one attached hydrogen (secondary N) is 2. The molecule has 2 aromatic rings. The number of sulfone groups is 1. The van der Waals surface area contributed by atoms with Crippen molar-refractivity contribution in [2.75, 3.05) is 32.5 Å². The van der Waals surface area contributed by atoms with Crippen LogP contribution in [0.25, 0.3) is 10.8 Å². The number of hydrogen-bond donors (Lipinski definition) is 2. The summed E-state index contributed by atoms with van der Waals surface area (Å²) < 4.78 is 29.3. The molecule has 6 nitrogen and oxygen atoms in total. The molecule has 0 heterocycles. The molecule has 0 fully saturated rings. The number of aliphatic imine (C=N–C) groups is 1. The molecule has 0 saturated carbocycles. The van der Waals surface area contributed by atoms with Gasteiger partial charge in [0, 0.05) is 20.1 Å². The number of rotatable bonds is 8. The fourth-order valence-corrected chi connectivity index (χ4v) is 3.54. The highest BCUT2D eigenvalue weighted by molar-refractivity contribution is 14.0. The van der Waals surface area contributed by atoms with Crippen molar-refractivity contribution < 1.29 is 13.2 Å². The number of hydrogen-bond acceptors (Lipinski definition) is 4. The Bertz CT molecular complexity index is 909. The summed E-state index contributed by atoms with van der Waals surface area (Å²) in [6, 6.07) is 14.3. The van der Waals surface area contributed by atoms with Crippen LogP contribution in [0.5, 0.6) is 5.75 Å². The lowest BCUT2D eigenvalue weighted by atomic mass is 10.1. The molecule has 2 N–H and O–H groups in total. The maximum Gasteiger partial charge on any atom is 0.191 e. The van der Waals surface area contributed by atoms with E-state index in [0.717, 1.165) is 17.6 Å². The maximum absolute atomic E-state index is 12.1. The molecule has 0 radical (unpaired) electrons. The van der Waals surface area contributed by atoms with Crippen LogP contribution in [-0.2, 0) is 9.84 Å². The molecule has 29 heavy (non-hydrogen) atoms. The van der Waals surface area contributed by atoms with Crippen molar-refractivity contribution in [3.05, 3.63) is 42.5 Å². The van der Waals surface area contributed by atoms with Crippen molar-refractivity contribution in [3.8, 4) is 5.75 Å². The minimum Gasteiger partial charge on any atom is -0.494 e. The van der Waals surface area contributed by atoms with Crippen molar-refractivity contribution in [2.45, 2.75) is 31.9 Å². The predicted molar refractivity (Wildman–Crippen MR) is 132 cm³/mol. The van der Waals surface area contributed by atoms with Crippen molar-refractivity contribution in [1.29, 1.82) is 0 Å². The number of nitrogens with zero attached hydrogens (tertiary/aromatic N) is 1. The first-order valence-corrected chi connectivity index (χ1v) is 11.2. The van der Waals surface area contributed by atoms with Gasteiger partial charge in [0.15, 0.2) is 15.8 Å². The van der Waals surface area contributed by atoms with Gasteiger partial charge in [0.05, 0.1) is 17.1 Å². The first kappa shape index (κ1) is 25.5. The molecular formula is C21H32IN3O3S. The van der Waals surface area contributed by atoms with E-state index in [-0.39, 0.29) is 29.7 Å². The molecule has 0 spiro atoms. The zero-order valence-electron chi connectivity index (χ0n) is 17.6. The highest BCUT2D eigenvalue weighted by Gasteiger charge is 2.28. The van der Waals surface area contributed by atoms with Crippen LogP contribution in [-0.4, -0.2) is 51.6 Å². The van der Waals surface area contributed by atoms with Gasteiger partial charge >= 0.3 is 0 Å². The van der Waals surface area contributed by atoms with Gasteiger partial charge in [0.25, 0.3) is 0 Å². The van der Waals surface area contributed by atoms with E-state index in [1.807, 2.05) is 24.3 Å². The lowest BCUT2D eigenvalue weighted by Gasteiger charge is -2.19. The topological polar surface area (TPSA) is 79.8 Å². The molecule has 2 aromatic carbocycles. The maximum atomic E-state index is 12.1. The summed E-state index contributed by atoms with van der Waals surface area (Å²) >= 11 is 0. The summed E-state index contributed by atoms with van der Waals surface area (Å²) in [6.07, 6.45) is 0.799. The zero-order chi connectivity index (χ0) is 20.6. The van der Waals surface area contributed by atoms with E-state index in [9.17, 15) is 8.42 Å². The molecule has 0 aliphatic carbocycles. The van der Waals surface area contributed by atoms with Crippen LogP contribution in [0.2, 0.25) is 0 Å². The Hall–Kier alpha value is -1.55. The van der Waals surface area contributed by atoms with Gasteiger partial charge in [0.1, 0.15) is 5.75 Å². The Morgan fingerprint density at radius 1 is 1.03 bits per heavy atom. The molecule has 0 unspecified atom stereocenters. The van der Waals surface area contributed by atoms with Gasteiger partial charge in [-0.2, -0.15) is 0 Å². The van der Waals surface area contributed by atoms with Gasteiger partial charge in [-0.1, -0.05) is 30.3 Å². The molecule has 0 saturated heterocycles. The number of guanidine groups is 1. The fourth-order valence-electron chi connectivity index (χ4n) is 2.56. The Balaban J connectivity index is 0.00000420. The van der Waals surface area contributed by atoms with E-state index in [0.29, 0.717) is 25.7 Å². The summed E-state index contributed by atoms with van der Waals surface area (Å²) in [4.78, 5) is 4.12. The molecule has 0 aliphatic heterocycles. The SMILES string of the molecule is CN=C(NCCCOc1ccc2ccccc2c1)NCCS(=O)(=O)C(C)(C)C.I. The summed E-state index contributed by atoms with van der Waals surface area (Å²) in [5.74, 6) is 1.52. The quantitative estimate of drug-likeness (QED) is 0.235. The van der Waals surface area contributed by atoms with Crippen LogP contribution in [0.15, 0.2) is 47.5 Å².